The average molecular weight is 296 g/mol. The van der Waals surface area contributed by atoms with E-state index in [1.807, 2.05) is 6.07 Å². The van der Waals surface area contributed by atoms with Gasteiger partial charge >= 0.3 is 0 Å². The number of rotatable bonds is 0. The first kappa shape index (κ1) is 10.9. The molecular weight excluding hydrogens is 289 g/mol. The highest BCUT2D eigenvalue weighted by molar-refractivity contribution is 7.22. The SMILES string of the molecule is Clc1nc2c(cc(Cl)c3oc4c(c32)C=CCC4)s1. The van der Waals surface area contributed by atoms with Crippen LogP contribution in [-0.4, -0.2) is 4.98 Å². The molecule has 0 N–H and O–H groups in total. The topological polar surface area (TPSA) is 26.0 Å². The van der Waals surface area contributed by atoms with Gasteiger partial charge in [-0.05, 0) is 12.5 Å². The highest BCUT2D eigenvalue weighted by Crippen LogP contribution is 2.41. The van der Waals surface area contributed by atoms with Crippen LogP contribution in [0.3, 0.4) is 0 Å². The van der Waals surface area contributed by atoms with E-state index >= 15 is 0 Å². The maximum atomic E-state index is 6.28. The Kier molecular flexibility index (Phi) is 2.25. The van der Waals surface area contributed by atoms with Gasteiger partial charge in [0.1, 0.15) is 5.76 Å². The van der Waals surface area contributed by atoms with Crippen LogP contribution in [0.15, 0.2) is 16.6 Å². The monoisotopic (exact) mass is 295 g/mol. The summed E-state index contributed by atoms with van der Waals surface area (Å²) in [6.07, 6.45) is 6.16. The van der Waals surface area contributed by atoms with Crippen LogP contribution in [0.1, 0.15) is 17.7 Å². The lowest BCUT2D eigenvalue weighted by Crippen LogP contribution is -1.88. The van der Waals surface area contributed by atoms with Gasteiger partial charge in [0.2, 0.25) is 0 Å². The van der Waals surface area contributed by atoms with Crippen molar-refractivity contribution in [1.29, 1.82) is 0 Å². The molecule has 2 nitrogen and oxygen atoms in total. The quantitative estimate of drug-likeness (QED) is 0.562. The summed E-state index contributed by atoms with van der Waals surface area (Å²) in [4.78, 5) is 4.39. The predicted octanol–water partition coefficient (Wildman–Crippen LogP) is 5.31. The van der Waals surface area contributed by atoms with E-state index < -0.39 is 0 Å². The molecule has 0 bridgehead atoms. The zero-order valence-electron chi connectivity index (χ0n) is 9.17. The number of fused-ring (bicyclic) bond motifs is 5. The highest BCUT2D eigenvalue weighted by Gasteiger charge is 2.21. The number of furan rings is 1. The minimum atomic E-state index is 0.531. The summed E-state index contributed by atoms with van der Waals surface area (Å²) < 4.78 is 7.41. The van der Waals surface area contributed by atoms with Crippen LogP contribution < -0.4 is 0 Å². The normalized spacial score (nSPS) is 14.6. The molecule has 1 aromatic carbocycles. The molecule has 4 rings (SSSR count). The molecule has 0 saturated carbocycles. The van der Waals surface area contributed by atoms with Gasteiger partial charge in [0.15, 0.2) is 10.0 Å². The molecule has 2 heterocycles. The van der Waals surface area contributed by atoms with E-state index in [1.54, 1.807) is 0 Å². The fraction of sp³-hybridized carbons (Fsp3) is 0.154. The molecule has 90 valence electrons. The lowest BCUT2D eigenvalue weighted by molar-refractivity contribution is 0.546. The van der Waals surface area contributed by atoms with E-state index in [2.05, 4.69) is 17.1 Å². The van der Waals surface area contributed by atoms with E-state index in [0.717, 1.165) is 45.4 Å². The summed E-state index contributed by atoms with van der Waals surface area (Å²) in [6, 6.07) is 1.88. The Labute approximate surface area is 117 Å². The second-order valence-corrected chi connectivity index (χ2v) is 6.28. The summed E-state index contributed by atoms with van der Waals surface area (Å²) >= 11 is 13.7. The van der Waals surface area contributed by atoms with Gasteiger partial charge in [0.05, 0.1) is 20.6 Å². The van der Waals surface area contributed by atoms with Crippen LogP contribution in [0, 0.1) is 0 Å². The Hall–Kier alpha value is -1.03. The van der Waals surface area contributed by atoms with Crippen LogP contribution in [0.2, 0.25) is 9.49 Å². The first-order valence-electron chi connectivity index (χ1n) is 5.60. The third-order valence-corrected chi connectivity index (χ3v) is 4.57. The van der Waals surface area contributed by atoms with Crippen molar-refractivity contribution < 1.29 is 4.42 Å². The average Bonchev–Trinajstić information content (AvgIpc) is 2.89. The van der Waals surface area contributed by atoms with Gasteiger partial charge in [-0.3, -0.25) is 0 Å². The number of aromatic nitrogens is 1. The minimum Gasteiger partial charge on any atom is -0.459 e. The Morgan fingerprint density at radius 1 is 1.33 bits per heavy atom. The van der Waals surface area contributed by atoms with E-state index in [9.17, 15) is 0 Å². The van der Waals surface area contributed by atoms with Gasteiger partial charge in [-0.15, -0.1) is 11.3 Å². The van der Waals surface area contributed by atoms with Crippen LogP contribution >= 0.6 is 34.5 Å². The molecule has 0 fully saturated rings. The Balaban J connectivity index is 2.27. The molecule has 1 aliphatic rings. The fourth-order valence-electron chi connectivity index (χ4n) is 2.43. The first-order valence-corrected chi connectivity index (χ1v) is 7.18. The largest absolute Gasteiger partial charge is 0.459 e. The van der Waals surface area contributed by atoms with Crippen molar-refractivity contribution in [2.24, 2.45) is 0 Å². The van der Waals surface area contributed by atoms with Crippen molar-refractivity contribution in [1.82, 2.24) is 4.98 Å². The second kappa shape index (κ2) is 3.73. The highest BCUT2D eigenvalue weighted by atomic mass is 35.5. The standard InChI is InChI=1S/C13H7Cl2NOS/c14-7-5-9-11(16-13(15)18-9)10-6-3-1-2-4-8(6)17-12(7)10/h1,3,5H,2,4H2. The molecule has 0 atom stereocenters. The number of hydrogen-bond donors (Lipinski definition) is 0. The molecule has 0 aliphatic heterocycles. The van der Waals surface area contributed by atoms with Crippen molar-refractivity contribution in [2.45, 2.75) is 12.8 Å². The summed E-state index contributed by atoms with van der Waals surface area (Å²) in [7, 11) is 0. The molecule has 18 heavy (non-hydrogen) atoms. The van der Waals surface area contributed by atoms with Crippen molar-refractivity contribution in [2.75, 3.05) is 0 Å². The maximum Gasteiger partial charge on any atom is 0.184 e. The van der Waals surface area contributed by atoms with Gasteiger partial charge < -0.3 is 4.42 Å². The molecule has 5 heteroatoms. The van der Waals surface area contributed by atoms with Crippen LogP contribution in [-0.2, 0) is 6.42 Å². The molecule has 3 aromatic rings. The third-order valence-electron chi connectivity index (χ3n) is 3.18. The Morgan fingerprint density at radius 3 is 3.11 bits per heavy atom. The molecule has 1 aliphatic carbocycles. The number of halogens is 2. The number of allylic oxidation sites excluding steroid dienone is 1. The molecule has 0 unspecified atom stereocenters. The summed E-state index contributed by atoms with van der Waals surface area (Å²) in [6.45, 7) is 0. The predicted molar refractivity (Wildman–Crippen MR) is 76.8 cm³/mol. The minimum absolute atomic E-state index is 0.531. The molecule has 0 radical (unpaired) electrons. The van der Waals surface area contributed by atoms with Gasteiger partial charge in [-0.25, -0.2) is 4.98 Å². The van der Waals surface area contributed by atoms with E-state index in [-0.39, 0.29) is 0 Å². The Bertz CT molecular complexity index is 815. The third kappa shape index (κ3) is 1.38. The molecule has 0 spiro atoms. The lowest BCUT2D eigenvalue weighted by atomic mass is 10.0. The first-order chi connectivity index (χ1) is 8.74. The maximum absolute atomic E-state index is 6.28. The van der Waals surface area contributed by atoms with Gasteiger partial charge in [0.25, 0.3) is 0 Å². The molecule has 2 aromatic heterocycles. The van der Waals surface area contributed by atoms with E-state index in [4.69, 9.17) is 27.6 Å². The number of hydrogen-bond acceptors (Lipinski definition) is 3. The summed E-state index contributed by atoms with van der Waals surface area (Å²) in [5, 5.41) is 1.62. The smallest absolute Gasteiger partial charge is 0.184 e. The molecule has 0 saturated heterocycles. The zero-order chi connectivity index (χ0) is 12.3. The lowest BCUT2D eigenvalue weighted by Gasteiger charge is -2.01. The van der Waals surface area contributed by atoms with Crippen molar-refractivity contribution >= 4 is 61.8 Å². The van der Waals surface area contributed by atoms with Gasteiger partial charge in [-0.1, -0.05) is 35.4 Å². The van der Waals surface area contributed by atoms with Crippen molar-refractivity contribution in [3.05, 3.63) is 33.0 Å². The van der Waals surface area contributed by atoms with E-state index in [1.165, 1.54) is 11.3 Å². The number of nitrogens with zero attached hydrogens (tertiary/aromatic N) is 1. The van der Waals surface area contributed by atoms with Crippen LogP contribution in [0.25, 0.3) is 27.3 Å². The summed E-state index contributed by atoms with van der Waals surface area (Å²) in [5.41, 5.74) is 2.72. The van der Waals surface area contributed by atoms with Crippen molar-refractivity contribution in [3.8, 4) is 0 Å². The summed E-state index contributed by atoms with van der Waals surface area (Å²) in [5.74, 6) is 0.992. The number of aryl methyl sites for hydroxylation is 1. The molecular formula is C13H7Cl2NOS. The van der Waals surface area contributed by atoms with Crippen LogP contribution in [0.4, 0.5) is 0 Å². The number of thiazole rings is 1. The van der Waals surface area contributed by atoms with Crippen molar-refractivity contribution in [3.63, 3.8) is 0 Å². The van der Waals surface area contributed by atoms with Crippen LogP contribution in [0.5, 0.6) is 0 Å². The van der Waals surface area contributed by atoms with Gasteiger partial charge in [0, 0.05) is 12.0 Å². The Morgan fingerprint density at radius 2 is 2.22 bits per heavy atom. The van der Waals surface area contributed by atoms with E-state index in [0.29, 0.717) is 9.49 Å². The molecule has 0 amide bonds. The number of benzene rings is 1. The zero-order valence-corrected chi connectivity index (χ0v) is 11.5. The second-order valence-electron chi connectivity index (χ2n) is 4.26. The fourth-order valence-corrected chi connectivity index (χ4v) is 3.81. The van der Waals surface area contributed by atoms with Gasteiger partial charge in [-0.2, -0.15) is 0 Å².